The van der Waals surface area contributed by atoms with E-state index in [0.717, 1.165) is 17.3 Å². The number of hydrogen-bond donors (Lipinski definition) is 0. The Bertz CT molecular complexity index is 747. The van der Waals surface area contributed by atoms with E-state index in [9.17, 15) is 13.2 Å². The van der Waals surface area contributed by atoms with Crippen LogP contribution in [-0.2, 0) is 11.6 Å². The number of anilines is 1. The highest BCUT2D eigenvalue weighted by molar-refractivity contribution is 6.19. The minimum Gasteiger partial charge on any atom is -0.497 e. The maximum atomic E-state index is 13.0. The summed E-state index contributed by atoms with van der Waals surface area (Å²) in [6.45, 7) is 2.30. The molecule has 2 aromatic carbocycles. The van der Waals surface area contributed by atoms with Crippen LogP contribution in [0.15, 0.2) is 42.5 Å². The maximum Gasteiger partial charge on any atom is 0.416 e. The Balaban J connectivity index is 2.14. The van der Waals surface area contributed by atoms with Crippen LogP contribution in [0.3, 0.4) is 0 Å². The molecule has 1 unspecified atom stereocenters. The Kier molecular flexibility index (Phi) is 3.58. The third kappa shape index (κ3) is 2.56. The number of halogens is 3. The third-order valence-electron chi connectivity index (χ3n) is 4.42. The number of hydrogen-bond acceptors (Lipinski definition) is 2. The second-order valence-electron chi connectivity index (χ2n) is 5.92. The van der Waals surface area contributed by atoms with E-state index in [-0.39, 0.29) is 0 Å². The molecule has 0 saturated carbocycles. The van der Waals surface area contributed by atoms with Gasteiger partial charge in [0, 0.05) is 17.6 Å². The Labute approximate surface area is 134 Å². The van der Waals surface area contributed by atoms with E-state index in [2.05, 4.69) is 0 Å². The van der Waals surface area contributed by atoms with E-state index in [0.29, 0.717) is 17.9 Å². The standard InChI is InChI=1S/C17H15BF3NO/c1-16(11-4-3-5-12(8-11)17(19,20)21)10-22(18)15-7-6-13(23-2)9-14(15)16/h3-9H,10H2,1-2H3. The minimum absolute atomic E-state index is 0.400. The zero-order valence-electron chi connectivity index (χ0n) is 12.8. The molecule has 0 fully saturated rings. The molecule has 2 radical (unpaired) electrons. The lowest BCUT2D eigenvalue weighted by Crippen LogP contribution is -2.30. The molecule has 0 aromatic heterocycles. The first-order chi connectivity index (χ1) is 10.8. The molecule has 2 aromatic rings. The molecule has 3 rings (SSSR count). The van der Waals surface area contributed by atoms with Gasteiger partial charge in [-0.1, -0.05) is 18.2 Å². The number of fused-ring (bicyclic) bond motifs is 1. The molecule has 0 saturated heterocycles. The number of ether oxygens (including phenoxy) is 1. The Morgan fingerprint density at radius 1 is 1.17 bits per heavy atom. The van der Waals surface area contributed by atoms with Gasteiger partial charge in [-0.3, -0.25) is 0 Å². The number of methoxy groups -OCH3 is 1. The van der Waals surface area contributed by atoms with Crippen LogP contribution in [0, 0.1) is 0 Å². The number of nitrogens with zero attached hydrogens (tertiary/aromatic N) is 1. The number of rotatable bonds is 2. The fraction of sp³-hybridized carbons (Fsp3) is 0.294. The van der Waals surface area contributed by atoms with E-state index >= 15 is 0 Å². The molecule has 1 atom stereocenters. The van der Waals surface area contributed by atoms with Crippen LogP contribution in [0.1, 0.15) is 23.6 Å². The summed E-state index contributed by atoms with van der Waals surface area (Å²) in [6.07, 6.45) is -4.37. The minimum atomic E-state index is -4.37. The Morgan fingerprint density at radius 2 is 1.91 bits per heavy atom. The molecule has 0 N–H and O–H groups in total. The second-order valence-corrected chi connectivity index (χ2v) is 5.92. The molecule has 118 valence electrons. The molecule has 2 nitrogen and oxygen atoms in total. The summed E-state index contributed by atoms with van der Waals surface area (Å²) in [6, 6.07) is 10.9. The number of benzene rings is 2. The van der Waals surface area contributed by atoms with Gasteiger partial charge in [-0.2, -0.15) is 13.2 Å². The summed E-state index contributed by atoms with van der Waals surface area (Å²) in [5, 5.41) is 0. The van der Waals surface area contributed by atoms with Gasteiger partial charge in [-0.05, 0) is 42.3 Å². The van der Waals surface area contributed by atoms with Gasteiger partial charge < -0.3 is 9.55 Å². The molecule has 1 heterocycles. The smallest absolute Gasteiger partial charge is 0.416 e. The predicted octanol–water partition coefficient (Wildman–Crippen LogP) is 3.92. The van der Waals surface area contributed by atoms with Crippen LogP contribution >= 0.6 is 0 Å². The monoisotopic (exact) mass is 317 g/mol. The highest BCUT2D eigenvalue weighted by Crippen LogP contribution is 2.46. The van der Waals surface area contributed by atoms with E-state index in [1.807, 2.05) is 19.1 Å². The summed E-state index contributed by atoms with van der Waals surface area (Å²) in [5.41, 5.74) is 0.940. The van der Waals surface area contributed by atoms with Gasteiger partial charge in [0.05, 0.1) is 12.7 Å². The lowest BCUT2D eigenvalue weighted by Gasteiger charge is -2.27. The first kappa shape index (κ1) is 15.8. The van der Waals surface area contributed by atoms with Crippen LogP contribution in [0.25, 0.3) is 0 Å². The molecular formula is C17H15BF3NO. The maximum absolute atomic E-state index is 13.0. The molecular weight excluding hydrogens is 302 g/mol. The molecule has 1 aliphatic heterocycles. The fourth-order valence-electron chi connectivity index (χ4n) is 3.13. The van der Waals surface area contributed by atoms with Gasteiger partial charge in [0.1, 0.15) is 5.75 Å². The lowest BCUT2D eigenvalue weighted by atomic mass is 9.77. The van der Waals surface area contributed by atoms with Crippen LogP contribution < -0.4 is 9.55 Å². The molecule has 0 spiro atoms. The predicted molar refractivity (Wildman–Crippen MR) is 84.0 cm³/mol. The Hall–Kier alpha value is -2.11. The number of alkyl halides is 3. The van der Waals surface area contributed by atoms with Gasteiger partial charge in [0.2, 0.25) is 7.98 Å². The summed E-state index contributed by atoms with van der Waals surface area (Å²) >= 11 is 0. The Morgan fingerprint density at radius 3 is 2.57 bits per heavy atom. The van der Waals surface area contributed by atoms with Crippen molar-refractivity contribution < 1.29 is 17.9 Å². The van der Waals surface area contributed by atoms with Crippen molar-refractivity contribution in [3.05, 3.63) is 59.2 Å². The largest absolute Gasteiger partial charge is 0.497 e. The van der Waals surface area contributed by atoms with Crippen molar-refractivity contribution >= 4 is 13.7 Å². The average molecular weight is 317 g/mol. The van der Waals surface area contributed by atoms with Crippen molar-refractivity contribution in [2.75, 3.05) is 18.5 Å². The SMILES string of the molecule is [B]N1CC(C)(c2cccc(C(F)(F)F)c2)c2cc(OC)ccc21. The van der Waals surface area contributed by atoms with Crippen molar-refractivity contribution in [1.82, 2.24) is 0 Å². The van der Waals surface area contributed by atoms with Gasteiger partial charge in [0.25, 0.3) is 0 Å². The summed E-state index contributed by atoms with van der Waals surface area (Å²) in [4.78, 5) is 1.56. The van der Waals surface area contributed by atoms with Crippen LogP contribution in [-0.4, -0.2) is 21.6 Å². The quantitative estimate of drug-likeness (QED) is 0.778. The topological polar surface area (TPSA) is 12.5 Å². The van der Waals surface area contributed by atoms with E-state index in [4.69, 9.17) is 12.7 Å². The second kappa shape index (κ2) is 5.22. The first-order valence-electron chi connectivity index (χ1n) is 7.14. The summed E-state index contributed by atoms with van der Waals surface area (Å²) in [5.74, 6) is 0.650. The normalized spacial score (nSPS) is 20.5. The van der Waals surface area contributed by atoms with Gasteiger partial charge in [-0.25, -0.2) is 0 Å². The highest BCUT2D eigenvalue weighted by Gasteiger charge is 2.40. The molecule has 0 bridgehead atoms. The van der Waals surface area contributed by atoms with Crippen molar-refractivity contribution in [3.8, 4) is 5.75 Å². The van der Waals surface area contributed by atoms with Gasteiger partial charge >= 0.3 is 6.18 Å². The molecule has 6 heteroatoms. The fourth-order valence-corrected chi connectivity index (χ4v) is 3.13. The zero-order chi connectivity index (χ0) is 16.8. The van der Waals surface area contributed by atoms with Crippen molar-refractivity contribution in [2.45, 2.75) is 18.5 Å². The highest BCUT2D eigenvalue weighted by atomic mass is 19.4. The average Bonchev–Trinajstić information content (AvgIpc) is 2.78. The van der Waals surface area contributed by atoms with Crippen molar-refractivity contribution in [3.63, 3.8) is 0 Å². The molecule has 0 aliphatic carbocycles. The lowest BCUT2D eigenvalue weighted by molar-refractivity contribution is -0.137. The van der Waals surface area contributed by atoms with Crippen LogP contribution in [0.2, 0.25) is 0 Å². The van der Waals surface area contributed by atoms with Crippen LogP contribution in [0.4, 0.5) is 18.9 Å². The summed E-state index contributed by atoms with van der Waals surface area (Å²) in [7, 11) is 7.60. The molecule has 23 heavy (non-hydrogen) atoms. The van der Waals surface area contributed by atoms with E-state index < -0.39 is 17.2 Å². The molecule has 0 amide bonds. The van der Waals surface area contributed by atoms with Crippen molar-refractivity contribution in [2.24, 2.45) is 0 Å². The van der Waals surface area contributed by atoms with Gasteiger partial charge in [-0.15, -0.1) is 0 Å². The first-order valence-corrected chi connectivity index (χ1v) is 7.14. The van der Waals surface area contributed by atoms with Crippen molar-refractivity contribution in [1.29, 1.82) is 0 Å². The van der Waals surface area contributed by atoms with E-state index in [1.165, 1.54) is 12.1 Å². The van der Waals surface area contributed by atoms with Gasteiger partial charge in [0.15, 0.2) is 0 Å². The molecule has 1 aliphatic rings. The third-order valence-corrected chi connectivity index (χ3v) is 4.42. The summed E-state index contributed by atoms with van der Waals surface area (Å²) < 4.78 is 44.3. The zero-order valence-corrected chi connectivity index (χ0v) is 12.8. The van der Waals surface area contributed by atoms with E-state index in [1.54, 1.807) is 24.1 Å². The van der Waals surface area contributed by atoms with Crippen LogP contribution in [0.5, 0.6) is 5.75 Å².